The number of rotatable bonds is 7. The van der Waals surface area contributed by atoms with Crippen LogP contribution in [0.25, 0.3) is 0 Å². The summed E-state index contributed by atoms with van der Waals surface area (Å²) in [6.45, 7) is 5.97. The maximum atomic E-state index is 12.4. The molecule has 0 bridgehead atoms. The van der Waals surface area contributed by atoms with E-state index in [1.54, 1.807) is 13.2 Å². The van der Waals surface area contributed by atoms with Crippen molar-refractivity contribution in [3.05, 3.63) is 58.3 Å². The minimum Gasteiger partial charge on any atom is -0.619 e. The number of aryl methyl sites for hydroxylation is 1. The molecule has 0 saturated carbocycles. The molecule has 7 heteroatoms. The molecular weight excluding hydrogens is 324 g/mol. The van der Waals surface area contributed by atoms with Crippen molar-refractivity contribution in [3.8, 4) is 0 Å². The zero-order chi connectivity index (χ0) is 18.6. The van der Waals surface area contributed by atoms with Crippen LogP contribution < -0.4 is 4.73 Å². The number of hydrogen-bond donors (Lipinski definition) is 0. The van der Waals surface area contributed by atoms with Crippen LogP contribution in [0.15, 0.2) is 30.6 Å². The van der Waals surface area contributed by atoms with Crippen LogP contribution in [-0.4, -0.2) is 36.6 Å². The fourth-order valence-corrected chi connectivity index (χ4v) is 2.89. The van der Waals surface area contributed by atoms with Crippen molar-refractivity contribution >= 4 is 11.8 Å². The lowest BCUT2D eigenvalue weighted by Crippen LogP contribution is -2.24. The quantitative estimate of drug-likeness (QED) is 0.331. The highest BCUT2D eigenvalue weighted by Crippen LogP contribution is 2.21. The zero-order valence-corrected chi connectivity index (χ0v) is 14.8. The first-order valence-corrected chi connectivity index (χ1v) is 7.91. The summed E-state index contributed by atoms with van der Waals surface area (Å²) in [5.41, 5.74) is 2.51. The Balaban J connectivity index is 2.07. The first-order valence-electron chi connectivity index (χ1n) is 7.91. The van der Waals surface area contributed by atoms with Crippen LogP contribution in [0.4, 0.5) is 0 Å². The van der Waals surface area contributed by atoms with Crippen molar-refractivity contribution in [2.75, 3.05) is 20.3 Å². The van der Waals surface area contributed by atoms with Gasteiger partial charge in [-0.2, -0.15) is 4.73 Å². The summed E-state index contributed by atoms with van der Waals surface area (Å²) in [6, 6.07) is 4.58. The molecule has 7 nitrogen and oxygen atoms in total. The average Bonchev–Trinajstić information content (AvgIpc) is 2.88. The van der Waals surface area contributed by atoms with E-state index in [2.05, 4.69) is 0 Å². The van der Waals surface area contributed by atoms with E-state index in [0.29, 0.717) is 16.9 Å². The van der Waals surface area contributed by atoms with Gasteiger partial charge in [-0.3, -0.25) is 4.79 Å². The van der Waals surface area contributed by atoms with Gasteiger partial charge in [0, 0.05) is 36.2 Å². The van der Waals surface area contributed by atoms with Crippen LogP contribution in [0.5, 0.6) is 0 Å². The summed E-state index contributed by atoms with van der Waals surface area (Å²) in [7, 11) is 1.63. The Morgan fingerprint density at radius 2 is 1.92 bits per heavy atom. The average molecular weight is 346 g/mol. The third-order valence-electron chi connectivity index (χ3n) is 4.01. The summed E-state index contributed by atoms with van der Waals surface area (Å²) in [6.07, 6.45) is 2.40. The molecule has 0 aliphatic rings. The van der Waals surface area contributed by atoms with Gasteiger partial charge >= 0.3 is 5.97 Å². The summed E-state index contributed by atoms with van der Waals surface area (Å²) < 4.78 is 12.8. The van der Waals surface area contributed by atoms with E-state index < -0.39 is 5.97 Å². The fourth-order valence-electron chi connectivity index (χ4n) is 2.89. The monoisotopic (exact) mass is 346 g/mol. The summed E-state index contributed by atoms with van der Waals surface area (Å²) in [5, 5.41) is 11.0. The van der Waals surface area contributed by atoms with Crippen molar-refractivity contribution in [1.82, 2.24) is 4.57 Å². The molecule has 2 aromatic rings. The van der Waals surface area contributed by atoms with Gasteiger partial charge < -0.3 is 19.2 Å². The minimum absolute atomic E-state index is 0.0946. The molecule has 0 fully saturated rings. The zero-order valence-electron chi connectivity index (χ0n) is 14.8. The van der Waals surface area contributed by atoms with Crippen LogP contribution in [0.2, 0.25) is 0 Å². The van der Waals surface area contributed by atoms with Crippen LogP contribution in [-0.2, 0) is 9.47 Å². The Morgan fingerprint density at radius 1 is 1.28 bits per heavy atom. The topological polar surface area (TPSA) is 84.5 Å². The summed E-state index contributed by atoms with van der Waals surface area (Å²) in [5.74, 6) is -0.914. The highest BCUT2D eigenvalue weighted by atomic mass is 16.5. The predicted molar refractivity (Wildman–Crippen MR) is 90.5 cm³/mol. The van der Waals surface area contributed by atoms with Gasteiger partial charge in [-0.1, -0.05) is 0 Å². The van der Waals surface area contributed by atoms with Crippen LogP contribution in [0.1, 0.15) is 45.1 Å². The van der Waals surface area contributed by atoms with Crippen molar-refractivity contribution in [2.24, 2.45) is 0 Å². The van der Waals surface area contributed by atoms with Gasteiger partial charge in [0.05, 0.1) is 18.2 Å². The molecule has 25 heavy (non-hydrogen) atoms. The van der Waals surface area contributed by atoms with Gasteiger partial charge in [-0.25, -0.2) is 4.79 Å². The Kier molecular flexibility index (Phi) is 5.93. The second kappa shape index (κ2) is 7.94. The maximum absolute atomic E-state index is 12.4. The normalized spacial score (nSPS) is 12.0. The second-order valence-corrected chi connectivity index (χ2v) is 5.91. The number of carbonyl (C=O) groups is 2. The predicted octanol–water partition coefficient (Wildman–Crippen LogP) is 1.99. The number of methoxy groups -OCH3 is 1. The Labute approximate surface area is 146 Å². The Bertz CT molecular complexity index is 765. The molecule has 1 atom stereocenters. The van der Waals surface area contributed by atoms with Gasteiger partial charge in [-0.05, 0) is 26.8 Å². The third-order valence-corrected chi connectivity index (χ3v) is 4.01. The fraction of sp³-hybridized carbons (Fsp3) is 0.389. The number of ether oxygens (including phenoxy) is 2. The van der Waals surface area contributed by atoms with Gasteiger partial charge in [-0.15, -0.1) is 0 Å². The number of esters is 1. The van der Waals surface area contributed by atoms with Crippen LogP contribution in [0, 0.1) is 19.1 Å². The number of ketones is 1. The van der Waals surface area contributed by atoms with Gasteiger partial charge in [0.1, 0.15) is 0 Å². The van der Waals surface area contributed by atoms with Crippen molar-refractivity contribution in [2.45, 2.75) is 26.8 Å². The summed E-state index contributed by atoms with van der Waals surface area (Å²) in [4.78, 5) is 24.4. The van der Waals surface area contributed by atoms with E-state index in [1.807, 2.05) is 25.3 Å². The van der Waals surface area contributed by atoms with Crippen molar-refractivity contribution in [3.63, 3.8) is 0 Å². The number of hydrogen-bond acceptors (Lipinski definition) is 5. The van der Waals surface area contributed by atoms with Crippen LogP contribution >= 0.6 is 0 Å². The lowest BCUT2D eigenvalue weighted by molar-refractivity contribution is -0.605. The number of Topliss-reactive ketones (excluding diaryl/α,β-unsaturated/α-hetero) is 1. The number of aromatic nitrogens is 2. The summed E-state index contributed by atoms with van der Waals surface area (Å²) >= 11 is 0. The first kappa shape index (κ1) is 18.7. The smallest absolute Gasteiger partial charge is 0.339 e. The molecule has 2 aromatic heterocycles. The molecule has 0 aliphatic carbocycles. The Hall–Kier alpha value is -2.67. The molecule has 134 valence electrons. The third kappa shape index (κ3) is 4.24. The molecule has 0 radical (unpaired) electrons. The SMILES string of the molecule is COC[C@@H](C)n1c(C)cc(C(=O)COC(=O)c2cc[n+]([O-])cc2)c1C. The lowest BCUT2D eigenvalue weighted by Gasteiger charge is -2.17. The highest BCUT2D eigenvalue weighted by molar-refractivity contribution is 6.00. The largest absolute Gasteiger partial charge is 0.619 e. The van der Waals surface area contributed by atoms with E-state index in [-0.39, 0.29) is 24.0 Å². The molecule has 0 amide bonds. The molecule has 0 unspecified atom stereocenters. The molecule has 0 N–H and O–H groups in total. The Morgan fingerprint density at radius 3 is 2.52 bits per heavy atom. The van der Waals surface area contributed by atoms with E-state index in [4.69, 9.17) is 9.47 Å². The maximum Gasteiger partial charge on any atom is 0.339 e. The molecule has 0 spiro atoms. The molecule has 0 aromatic carbocycles. The number of carbonyl (C=O) groups excluding carboxylic acids is 2. The van der Waals surface area contributed by atoms with Gasteiger partial charge in [0.15, 0.2) is 19.0 Å². The number of pyridine rings is 1. The van der Waals surface area contributed by atoms with Gasteiger partial charge in [0.25, 0.3) is 0 Å². The molecule has 2 heterocycles. The molecule has 2 rings (SSSR count). The highest BCUT2D eigenvalue weighted by Gasteiger charge is 2.20. The van der Waals surface area contributed by atoms with E-state index in [0.717, 1.165) is 11.4 Å². The lowest BCUT2D eigenvalue weighted by atomic mass is 10.1. The minimum atomic E-state index is -0.643. The van der Waals surface area contributed by atoms with E-state index >= 15 is 0 Å². The first-order chi connectivity index (χ1) is 11.8. The second-order valence-electron chi connectivity index (χ2n) is 5.91. The number of nitrogens with zero attached hydrogens (tertiary/aromatic N) is 2. The molecular formula is C18H22N2O5. The van der Waals surface area contributed by atoms with E-state index in [9.17, 15) is 14.8 Å². The standard InChI is InChI=1S/C18H22N2O5/c1-12-9-16(14(3)20(12)13(2)10-24-4)17(21)11-25-18(22)15-5-7-19(23)8-6-15/h5-9,13H,10-11H2,1-4H3/t13-/m1/s1. The van der Waals surface area contributed by atoms with Crippen molar-refractivity contribution < 1.29 is 23.8 Å². The van der Waals surface area contributed by atoms with Crippen LogP contribution in [0.3, 0.4) is 0 Å². The van der Waals surface area contributed by atoms with Crippen molar-refractivity contribution in [1.29, 1.82) is 0 Å². The molecule has 0 saturated heterocycles. The molecule has 0 aliphatic heterocycles. The van der Waals surface area contributed by atoms with Gasteiger partial charge in [0.2, 0.25) is 5.78 Å². The van der Waals surface area contributed by atoms with E-state index in [1.165, 1.54) is 24.5 Å².